The van der Waals surface area contributed by atoms with Crippen molar-refractivity contribution in [1.29, 1.82) is 0 Å². The van der Waals surface area contributed by atoms with Gasteiger partial charge in [0.2, 0.25) is 0 Å². The summed E-state index contributed by atoms with van der Waals surface area (Å²) < 4.78 is 4.94. The van der Waals surface area contributed by atoms with Crippen molar-refractivity contribution in [3.05, 3.63) is 54.1 Å². The molecule has 0 aliphatic rings. The van der Waals surface area contributed by atoms with Crippen LogP contribution in [0.5, 0.6) is 0 Å². The van der Waals surface area contributed by atoms with Gasteiger partial charge in [-0.25, -0.2) is 0 Å². The lowest BCUT2D eigenvalue weighted by Crippen LogP contribution is -2.10. The van der Waals surface area contributed by atoms with Crippen molar-refractivity contribution in [2.24, 2.45) is 0 Å². The molecule has 2 rings (SSSR count). The van der Waals surface area contributed by atoms with E-state index in [1.807, 2.05) is 36.4 Å². The summed E-state index contributed by atoms with van der Waals surface area (Å²) in [6, 6.07) is 16.0. The Morgan fingerprint density at radius 2 is 1.86 bits per heavy atom. The minimum atomic E-state index is -0.755. The zero-order chi connectivity index (χ0) is 15.2. The number of rotatable bonds is 5. The average molecular weight is 321 g/mol. The van der Waals surface area contributed by atoms with E-state index in [0.29, 0.717) is 6.61 Å². The Morgan fingerprint density at radius 3 is 2.48 bits per heavy atom. The van der Waals surface area contributed by atoms with Gasteiger partial charge in [0.15, 0.2) is 5.38 Å². The van der Waals surface area contributed by atoms with E-state index in [9.17, 15) is 4.79 Å². The van der Waals surface area contributed by atoms with Gasteiger partial charge in [-0.2, -0.15) is 0 Å². The Hall–Kier alpha value is -1.45. The van der Waals surface area contributed by atoms with Crippen molar-refractivity contribution in [2.75, 3.05) is 12.9 Å². The Labute approximate surface area is 134 Å². The SMILES string of the molecule is CCOC(=O)C(Cl)c1ccc(-c2ccccc2SC)cc1. The number of thioether (sulfide) groups is 1. The molecule has 0 aliphatic carbocycles. The van der Waals surface area contributed by atoms with Crippen LogP contribution >= 0.6 is 23.4 Å². The summed E-state index contributed by atoms with van der Waals surface area (Å²) in [4.78, 5) is 12.9. The summed E-state index contributed by atoms with van der Waals surface area (Å²) in [5.41, 5.74) is 3.04. The van der Waals surface area contributed by atoms with Crippen LogP contribution in [-0.2, 0) is 9.53 Å². The molecule has 0 heterocycles. The maximum absolute atomic E-state index is 11.6. The molecule has 2 aromatic carbocycles. The minimum Gasteiger partial charge on any atom is -0.465 e. The first-order valence-electron chi connectivity index (χ1n) is 6.71. The monoisotopic (exact) mass is 320 g/mol. The van der Waals surface area contributed by atoms with Gasteiger partial charge in [-0.15, -0.1) is 23.4 Å². The fourth-order valence-corrected chi connectivity index (χ4v) is 2.90. The van der Waals surface area contributed by atoms with Crippen LogP contribution < -0.4 is 0 Å². The molecule has 4 heteroatoms. The van der Waals surface area contributed by atoms with Gasteiger partial charge in [-0.05, 0) is 35.9 Å². The number of carbonyl (C=O) groups is 1. The summed E-state index contributed by atoms with van der Waals surface area (Å²) >= 11 is 7.83. The van der Waals surface area contributed by atoms with E-state index < -0.39 is 11.3 Å². The predicted molar refractivity (Wildman–Crippen MR) is 88.9 cm³/mol. The zero-order valence-corrected chi connectivity index (χ0v) is 13.6. The quantitative estimate of drug-likeness (QED) is 0.444. The first-order valence-corrected chi connectivity index (χ1v) is 8.37. The number of halogens is 1. The van der Waals surface area contributed by atoms with Gasteiger partial charge in [0.25, 0.3) is 0 Å². The van der Waals surface area contributed by atoms with E-state index in [-0.39, 0.29) is 0 Å². The van der Waals surface area contributed by atoms with Crippen LogP contribution in [0.25, 0.3) is 11.1 Å². The summed E-state index contributed by atoms with van der Waals surface area (Å²) in [5, 5.41) is -0.755. The van der Waals surface area contributed by atoms with Crippen LogP contribution in [0, 0.1) is 0 Å². The molecule has 0 amide bonds. The molecule has 0 aromatic heterocycles. The van der Waals surface area contributed by atoms with Crippen LogP contribution in [0.1, 0.15) is 17.9 Å². The van der Waals surface area contributed by atoms with Crippen LogP contribution in [0.4, 0.5) is 0 Å². The topological polar surface area (TPSA) is 26.3 Å². The van der Waals surface area contributed by atoms with E-state index in [4.69, 9.17) is 16.3 Å². The van der Waals surface area contributed by atoms with E-state index in [2.05, 4.69) is 18.4 Å². The third-order valence-corrected chi connectivity index (χ3v) is 4.34. The van der Waals surface area contributed by atoms with E-state index in [1.54, 1.807) is 18.7 Å². The Morgan fingerprint density at radius 1 is 1.19 bits per heavy atom. The molecule has 2 nitrogen and oxygen atoms in total. The van der Waals surface area contributed by atoms with Crippen molar-refractivity contribution in [3.63, 3.8) is 0 Å². The maximum Gasteiger partial charge on any atom is 0.328 e. The first kappa shape index (κ1) is 15.9. The highest BCUT2D eigenvalue weighted by atomic mass is 35.5. The number of hydrogen-bond donors (Lipinski definition) is 0. The van der Waals surface area contributed by atoms with Crippen molar-refractivity contribution >= 4 is 29.3 Å². The summed E-state index contributed by atoms with van der Waals surface area (Å²) in [6.07, 6.45) is 2.06. The van der Waals surface area contributed by atoms with Gasteiger partial charge in [-0.3, -0.25) is 4.79 Å². The van der Waals surface area contributed by atoms with Crippen molar-refractivity contribution < 1.29 is 9.53 Å². The highest BCUT2D eigenvalue weighted by Gasteiger charge is 2.18. The fourth-order valence-electron chi connectivity index (χ4n) is 2.07. The number of carbonyl (C=O) groups excluding carboxylic acids is 1. The van der Waals surface area contributed by atoms with Gasteiger partial charge in [0, 0.05) is 4.90 Å². The molecule has 0 radical (unpaired) electrons. The highest BCUT2D eigenvalue weighted by Crippen LogP contribution is 2.31. The third-order valence-electron chi connectivity index (χ3n) is 3.11. The number of alkyl halides is 1. The predicted octanol–water partition coefficient (Wildman–Crippen LogP) is 4.92. The molecule has 0 aliphatic heterocycles. The summed E-state index contributed by atoms with van der Waals surface area (Å²) in [5.74, 6) is -0.406. The molecular formula is C17H17ClO2S. The van der Waals surface area contributed by atoms with Gasteiger partial charge < -0.3 is 4.74 Å². The van der Waals surface area contributed by atoms with Crippen LogP contribution in [-0.4, -0.2) is 18.8 Å². The Balaban J connectivity index is 2.25. The number of benzene rings is 2. The smallest absolute Gasteiger partial charge is 0.328 e. The summed E-state index contributed by atoms with van der Waals surface area (Å²) in [7, 11) is 0. The number of esters is 1. The molecule has 21 heavy (non-hydrogen) atoms. The van der Waals surface area contributed by atoms with Crippen molar-refractivity contribution in [2.45, 2.75) is 17.2 Å². The van der Waals surface area contributed by atoms with Crippen LogP contribution in [0.3, 0.4) is 0 Å². The second-order valence-electron chi connectivity index (χ2n) is 4.44. The Kier molecular flexibility index (Phi) is 5.71. The molecule has 1 unspecified atom stereocenters. The fraction of sp³-hybridized carbons (Fsp3) is 0.235. The van der Waals surface area contributed by atoms with E-state index in [0.717, 1.165) is 11.1 Å². The van der Waals surface area contributed by atoms with Crippen molar-refractivity contribution in [3.8, 4) is 11.1 Å². The zero-order valence-electron chi connectivity index (χ0n) is 12.0. The van der Waals surface area contributed by atoms with Gasteiger partial charge in [-0.1, -0.05) is 42.5 Å². The standard InChI is InChI=1S/C17H17ClO2S/c1-3-20-17(19)16(18)13-10-8-12(9-11-13)14-6-4-5-7-15(14)21-2/h4-11,16H,3H2,1-2H3. The lowest BCUT2D eigenvalue weighted by Gasteiger charge is -2.11. The molecule has 0 spiro atoms. The second-order valence-corrected chi connectivity index (χ2v) is 5.72. The molecule has 0 saturated heterocycles. The molecule has 0 fully saturated rings. The molecule has 0 saturated carbocycles. The minimum absolute atomic E-state index is 0.335. The van der Waals surface area contributed by atoms with Gasteiger partial charge in [0.1, 0.15) is 0 Å². The Bertz CT molecular complexity index is 610. The lowest BCUT2D eigenvalue weighted by molar-refractivity contribution is -0.142. The normalized spacial score (nSPS) is 12.0. The second kappa shape index (κ2) is 7.53. The molecule has 0 N–H and O–H groups in total. The molecule has 110 valence electrons. The third kappa shape index (κ3) is 3.80. The number of ether oxygens (including phenoxy) is 1. The molecule has 0 bridgehead atoms. The molecule has 1 atom stereocenters. The van der Waals surface area contributed by atoms with Gasteiger partial charge in [0.05, 0.1) is 6.61 Å². The highest BCUT2D eigenvalue weighted by molar-refractivity contribution is 7.98. The number of hydrogen-bond acceptors (Lipinski definition) is 3. The lowest BCUT2D eigenvalue weighted by atomic mass is 10.0. The molecular weight excluding hydrogens is 304 g/mol. The molecule has 2 aromatic rings. The van der Waals surface area contributed by atoms with E-state index in [1.165, 1.54) is 10.5 Å². The van der Waals surface area contributed by atoms with E-state index >= 15 is 0 Å². The van der Waals surface area contributed by atoms with Crippen molar-refractivity contribution in [1.82, 2.24) is 0 Å². The maximum atomic E-state index is 11.6. The summed E-state index contributed by atoms with van der Waals surface area (Å²) in [6.45, 7) is 2.10. The van der Waals surface area contributed by atoms with Gasteiger partial charge >= 0.3 is 5.97 Å². The van der Waals surface area contributed by atoms with Crippen LogP contribution in [0.2, 0.25) is 0 Å². The average Bonchev–Trinajstić information content (AvgIpc) is 2.54. The van der Waals surface area contributed by atoms with Crippen LogP contribution in [0.15, 0.2) is 53.4 Å². The first-order chi connectivity index (χ1) is 10.2. The largest absolute Gasteiger partial charge is 0.465 e.